The summed E-state index contributed by atoms with van der Waals surface area (Å²) in [5.41, 5.74) is 7.55. The van der Waals surface area contributed by atoms with Crippen LogP contribution in [0.2, 0.25) is 0 Å². The Morgan fingerprint density at radius 3 is 2.75 bits per heavy atom. The van der Waals surface area contributed by atoms with E-state index in [1.54, 1.807) is 4.57 Å². The number of aromatic amines is 1. The smallest absolute Gasteiger partial charge is 0.330 e. The van der Waals surface area contributed by atoms with E-state index < -0.39 is 0 Å². The molecule has 0 fully saturated rings. The highest BCUT2D eigenvalue weighted by Crippen LogP contribution is 2.30. The van der Waals surface area contributed by atoms with E-state index in [1.807, 2.05) is 32.5 Å². The van der Waals surface area contributed by atoms with Crippen molar-refractivity contribution in [1.82, 2.24) is 24.5 Å². The predicted molar refractivity (Wildman–Crippen MR) is 78.1 cm³/mol. The molecule has 110 valence electrons. The van der Waals surface area contributed by atoms with Gasteiger partial charge in [-0.1, -0.05) is 0 Å². The van der Waals surface area contributed by atoms with Crippen molar-refractivity contribution in [3.63, 3.8) is 0 Å². The van der Waals surface area contributed by atoms with Crippen molar-refractivity contribution in [3.05, 3.63) is 21.7 Å². The van der Waals surface area contributed by atoms with E-state index in [0.29, 0.717) is 11.7 Å². The summed E-state index contributed by atoms with van der Waals surface area (Å²) in [6.07, 6.45) is 0.762. The summed E-state index contributed by atoms with van der Waals surface area (Å²) in [4.78, 5) is 11.8. The summed E-state index contributed by atoms with van der Waals surface area (Å²) in [5, 5.41) is 12.6. The van der Waals surface area contributed by atoms with Gasteiger partial charge >= 0.3 is 5.69 Å². The summed E-state index contributed by atoms with van der Waals surface area (Å²) in [6.45, 7) is 6.44. The SMILES string of the molecule is Cc1nn(C)c(Sc2n[nH]c(=O)n2C(C)C)c1CCN. The summed E-state index contributed by atoms with van der Waals surface area (Å²) >= 11 is 1.44. The van der Waals surface area contributed by atoms with Gasteiger partial charge in [0.25, 0.3) is 0 Å². The first kappa shape index (κ1) is 14.9. The quantitative estimate of drug-likeness (QED) is 0.853. The Hall–Kier alpha value is -1.54. The number of rotatable bonds is 5. The molecule has 0 aliphatic rings. The van der Waals surface area contributed by atoms with Crippen LogP contribution in [0, 0.1) is 6.92 Å². The monoisotopic (exact) mass is 296 g/mol. The summed E-state index contributed by atoms with van der Waals surface area (Å²) < 4.78 is 3.45. The van der Waals surface area contributed by atoms with Gasteiger partial charge in [-0.05, 0) is 45.5 Å². The maximum atomic E-state index is 11.8. The minimum absolute atomic E-state index is 0.0519. The third kappa shape index (κ3) is 2.66. The molecule has 0 aromatic carbocycles. The van der Waals surface area contributed by atoms with Crippen LogP contribution in [0.5, 0.6) is 0 Å². The third-order valence-electron chi connectivity index (χ3n) is 3.06. The van der Waals surface area contributed by atoms with E-state index in [1.165, 1.54) is 11.8 Å². The second-order valence-corrected chi connectivity index (χ2v) is 5.86. The molecule has 0 unspecified atom stereocenters. The fourth-order valence-corrected chi connectivity index (χ4v) is 3.35. The molecule has 2 aromatic rings. The molecule has 2 heterocycles. The van der Waals surface area contributed by atoms with Crippen molar-refractivity contribution < 1.29 is 0 Å². The number of aromatic nitrogens is 5. The molecule has 0 saturated carbocycles. The first-order valence-electron chi connectivity index (χ1n) is 6.53. The van der Waals surface area contributed by atoms with Crippen molar-refractivity contribution in [1.29, 1.82) is 0 Å². The minimum atomic E-state index is -0.193. The first-order valence-corrected chi connectivity index (χ1v) is 7.34. The number of nitrogens with two attached hydrogens (primary N) is 1. The van der Waals surface area contributed by atoms with Crippen LogP contribution in [0.25, 0.3) is 0 Å². The normalized spacial score (nSPS) is 11.5. The molecular weight excluding hydrogens is 276 g/mol. The second kappa shape index (κ2) is 5.84. The highest BCUT2D eigenvalue weighted by Gasteiger charge is 2.19. The van der Waals surface area contributed by atoms with E-state index in [4.69, 9.17) is 5.73 Å². The number of hydrogen-bond acceptors (Lipinski definition) is 5. The van der Waals surface area contributed by atoms with Gasteiger partial charge in [0, 0.05) is 18.7 Å². The zero-order valence-corrected chi connectivity index (χ0v) is 13.0. The molecule has 2 rings (SSSR count). The molecule has 0 amide bonds. The lowest BCUT2D eigenvalue weighted by atomic mass is 10.2. The minimum Gasteiger partial charge on any atom is -0.330 e. The number of aryl methyl sites for hydroxylation is 2. The van der Waals surface area contributed by atoms with Crippen LogP contribution < -0.4 is 11.4 Å². The molecule has 0 bridgehead atoms. The van der Waals surface area contributed by atoms with Gasteiger partial charge in [-0.3, -0.25) is 9.25 Å². The number of H-pyrrole nitrogens is 1. The Kier molecular flexibility index (Phi) is 4.34. The molecule has 0 atom stereocenters. The third-order valence-corrected chi connectivity index (χ3v) is 4.23. The Bertz CT molecular complexity index is 653. The van der Waals surface area contributed by atoms with Crippen molar-refractivity contribution >= 4 is 11.8 Å². The summed E-state index contributed by atoms with van der Waals surface area (Å²) in [7, 11) is 1.89. The van der Waals surface area contributed by atoms with Crippen molar-refractivity contribution in [2.75, 3.05) is 6.54 Å². The Morgan fingerprint density at radius 2 is 2.15 bits per heavy atom. The lowest BCUT2D eigenvalue weighted by Crippen LogP contribution is -2.19. The Labute approximate surface area is 121 Å². The second-order valence-electron chi connectivity index (χ2n) is 4.91. The van der Waals surface area contributed by atoms with Crippen molar-refractivity contribution in [2.45, 2.75) is 43.4 Å². The molecule has 3 N–H and O–H groups in total. The fourth-order valence-electron chi connectivity index (χ4n) is 2.14. The molecule has 0 aliphatic carbocycles. The number of nitrogens with zero attached hydrogens (tertiary/aromatic N) is 4. The predicted octanol–water partition coefficient (Wildman–Crippen LogP) is 0.847. The average molecular weight is 296 g/mol. The fraction of sp³-hybridized carbons (Fsp3) is 0.583. The largest absolute Gasteiger partial charge is 0.344 e. The van der Waals surface area contributed by atoms with Gasteiger partial charge in [-0.25, -0.2) is 9.89 Å². The maximum Gasteiger partial charge on any atom is 0.344 e. The standard InChI is InChI=1S/C12H20N6OS/c1-7(2)18-11(19)14-15-12(18)20-10-9(5-6-13)8(3)16-17(10)4/h7H,5-6,13H2,1-4H3,(H,14,19). The van der Waals surface area contributed by atoms with Crippen LogP contribution in [0.3, 0.4) is 0 Å². The van der Waals surface area contributed by atoms with Crippen LogP contribution in [0.15, 0.2) is 15.0 Å². The molecule has 0 saturated heterocycles. The van der Waals surface area contributed by atoms with Crippen LogP contribution in [-0.4, -0.2) is 31.1 Å². The highest BCUT2D eigenvalue weighted by molar-refractivity contribution is 7.99. The number of hydrogen-bond donors (Lipinski definition) is 2. The maximum absolute atomic E-state index is 11.8. The van der Waals surface area contributed by atoms with Gasteiger partial charge < -0.3 is 5.73 Å². The highest BCUT2D eigenvalue weighted by atomic mass is 32.2. The zero-order chi connectivity index (χ0) is 14.9. The molecule has 7 nitrogen and oxygen atoms in total. The Morgan fingerprint density at radius 1 is 1.45 bits per heavy atom. The topological polar surface area (TPSA) is 94.5 Å². The van der Waals surface area contributed by atoms with Gasteiger partial charge in [0.15, 0.2) is 5.16 Å². The van der Waals surface area contributed by atoms with Gasteiger partial charge in [-0.2, -0.15) is 5.10 Å². The van der Waals surface area contributed by atoms with Crippen LogP contribution in [-0.2, 0) is 13.5 Å². The zero-order valence-electron chi connectivity index (χ0n) is 12.2. The van der Waals surface area contributed by atoms with E-state index in [0.717, 1.165) is 22.7 Å². The van der Waals surface area contributed by atoms with Crippen LogP contribution >= 0.6 is 11.8 Å². The lowest BCUT2D eigenvalue weighted by molar-refractivity contribution is 0.533. The molecule has 0 radical (unpaired) electrons. The van der Waals surface area contributed by atoms with Gasteiger partial charge in [0.2, 0.25) is 0 Å². The molecular formula is C12H20N6OS. The van der Waals surface area contributed by atoms with E-state index in [2.05, 4.69) is 15.3 Å². The molecule has 2 aromatic heterocycles. The van der Waals surface area contributed by atoms with Gasteiger partial charge in [-0.15, -0.1) is 5.10 Å². The van der Waals surface area contributed by atoms with Gasteiger partial charge in [0.05, 0.1) is 5.69 Å². The summed E-state index contributed by atoms with van der Waals surface area (Å²) in [5.74, 6) is 0. The molecule has 8 heteroatoms. The molecule has 0 aliphatic heterocycles. The van der Waals surface area contributed by atoms with Crippen molar-refractivity contribution in [3.8, 4) is 0 Å². The van der Waals surface area contributed by atoms with E-state index >= 15 is 0 Å². The van der Waals surface area contributed by atoms with E-state index in [-0.39, 0.29) is 11.7 Å². The van der Waals surface area contributed by atoms with Gasteiger partial charge in [0.1, 0.15) is 5.03 Å². The summed E-state index contributed by atoms with van der Waals surface area (Å²) in [6, 6.07) is 0.0519. The Balaban J connectivity index is 2.43. The first-order chi connectivity index (χ1) is 9.45. The van der Waals surface area contributed by atoms with Crippen molar-refractivity contribution in [2.24, 2.45) is 12.8 Å². The van der Waals surface area contributed by atoms with Crippen LogP contribution in [0.4, 0.5) is 0 Å². The molecule has 0 spiro atoms. The average Bonchev–Trinajstić information content (AvgIpc) is 2.85. The van der Waals surface area contributed by atoms with Crippen LogP contribution in [0.1, 0.15) is 31.1 Å². The lowest BCUT2D eigenvalue weighted by Gasteiger charge is -2.09. The van der Waals surface area contributed by atoms with E-state index in [9.17, 15) is 4.79 Å². The molecule has 20 heavy (non-hydrogen) atoms. The number of nitrogens with one attached hydrogen (secondary N) is 1.